The van der Waals surface area contributed by atoms with Crippen LogP contribution in [0.3, 0.4) is 0 Å². The Balaban J connectivity index is 2.51. The summed E-state index contributed by atoms with van der Waals surface area (Å²) in [5, 5.41) is 7.76. The Labute approximate surface area is 65.4 Å². The molecule has 1 heterocycles. The Morgan fingerprint density at radius 1 is 1.36 bits per heavy atom. The van der Waals surface area contributed by atoms with Crippen LogP contribution in [0.4, 0.5) is 0 Å². The summed E-state index contributed by atoms with van der Waals surface area (Å²) in [6.07, 6.45) is 2.66. The molecule has 0 radical (unpaired) electrons. The van der Waals surface area contributed by atoms with Crippen molar-refractivity contribution in [3.8, 4) is 0 Å². The van der Waals surface area contributed by atoms with Gasteiger partial charge in [-0.2, -0.15) is 0 Å². The van der Waals surface area contributed by atoms with Gasteiger partial charge >= 0.3 is 0 Å². The highest BCUT2D eigenvalue weighted by atomic mass is 15.4. The first-order chi connectivity index (χ1) is 5.36. The molecule has 11 heavy (non-hydrogen) atoms. The zero-order chi connectivity index (χ0) is 8.10. The maximum absolute atomic E-state index is 5.34. The smallest absolute Gasteiger partial charge is 0.0839 e. The Kier molecular flexibility index (Phi) is 3.00. The summed E-state index contributed by atoms with van der Waals surface area (Å²) in [6, 6.07) is 0. The van der Waals surface area contributed by atoms with E-state index in [0.717, 1.165) is 18.7 Å². The minimum atomic E-state index is 0.589. The second-order valence-electron chi connectivity index (χ2n) is 2.30. The van der Waals surface area contributed by atoms with Crippen molar-refractivity contribution in [3.63, 3.8) is 0 Å². The lowest BCUT2D eigenvalue weighted by Gasteiger charge is -1.92. The number of nitrogens with zero attached hydrogens (tertiary/aromatic N) is 3. The van der Waals surface area contributed by atoms with Crippen molar-refractivity contribution in [2.75, 3.05) is 13.1 Å². The minimum Gasteiger partial charge on any atom is -0.330 e. The molecule has 5 nitrogen and oxygen atoms in total. The maximum Gasteiger partial charge on any atom is 0.0839 e. The van der Waals surface area contributed by atoms with E-state index in [0.29, 0.717) is 13.1 Å². The monoisotopic (exact) mass is 155 g/mol. The second-order valence-corrected chi connectivity index (χ2v) is 2.30. The molecule has 4 N–H and O–H groups in total. The molecule has 62 valence electrons. The maximum atomic E-state index is 5.34. The molecule has 1 aromatic rings. The molecule has 0 spiro atoms. The predicted octanol–water partition coefficient (Wildman–Crippen LogP) is -1.26. The summed E-state index contributed by atoms with van der Waals surface area (Å²) >= 11 is 0. The lowest BCUT2D eigenvalue weighted by atomic mass is 10.3. The molecule has 1 aromatic heterocycles. The van der Waals surface area contributed by atoms with Gasteiger partial charge in [0.2, 0.25) is 0 Å². The van der Waals surface area contributed by atoms with Gasteiger partial charge in [-0.05, 0) is 6.54 Å². The third-order valence-corrected chi connectivity index (χ3v) is 1.34. The van der Waals surface area contributed by atoms with Crippen molar-refractivity contribution >= 4 is 0 Å². The van der Waals surface area contributed by atoms with Crippen LogP contribution >= 0.6 is 0 Å². The van der Waals surface area contributed by atoms with Crippen LogP contribution in [0.1, 0.15) is 5.69 Å². The second kappa shape index (κ2) is 4.05. The topological polar surface area (TPSA) is 82.8 Å². The van der Waals surface area contributed by atoms with Crippen molar-refractivity contribution in [2.24, 2.45) is 11.5 Å². The van der Waals surface area contributed by atoms with E-state index in [1.54, 1.807) is 4.68 Å². The molecule has 0 bridgehead atoms. The third-order valence-electron chi connectivity index (χ3n) is 1.34. The minimum absolute atomic E-state index is 0.589. The highest BCUT2D eigenvalue weighted by Crippen LogP contribution is 1.91. The standard InChI is InChI=1S/C6H13N5/c7-2-1-6-5-11(4-3-8)10-9-6/h5H,1-4,7-8H2. The summed E-state index contributed by atoms with van der Waals surface area (Å²) in [7, 11) is 0. The van der Waals surface area contributed by atoms with Gasteiger partial charge in [-0.3, -0.25) is 4.68 Å². The van der Waals surface area contributed by atoms with Gasteiger partial charge in [-0.1, -0.05) is 5.21 Å². The number of rotatable bonds is 4. The summed E-state index contributed by atoms with van der Waals surface area (Å²) in [6.45, 7) is 1.92. The van der Waals surface area contributed by atoms with Crippen molar-refractivity contribution < 1.29 is 0 Å². The molecule has 0 aromatic carbocycles. The average Bonchev–Trinajstić information content (AvgIpc) is 2.38. The molecular formula is C6H13N5. The molecule has 0 amide bonds. The first kappa shape index (κ1) is 8.16. The fraction of sp³-hybridized carbons (Fsp3) is 0.667. The van der Waals surface area contributed by atoms with E-state index in [-0.39, 0.29) is 0 Å². The van der Waals surface area contributed by atoms with E-state index < -0.39 is 0 Å². The number of aromatic nitrogens is 3. The molecule has 0 aliphatic carbocycles. The quantitative estimate of drug-likeness (QED) is 0.568. The van der Waals surface area contributed by atoms with Crippen molar-refractivity contribution in [3.05, 3.63) is 11.9 Å². The normalized spacial score (nSPS) is 10.4. The molecule has 1 rings (SSSR count). The Morgan fingerprint density at radius 2 is 2.18 bits per heavy atom. The SMILES string of the molecule is NCCc1cn(CCN)nn1. The van der Waals surface area contributed by atoms with Crippen LogP contribution in [0.15, 0.2) is 6.20 Å². The van der Waals surface area contributed by atoms with Crippen LogP contribution in [0.2, 0.25) is 0 Å². The van der Waals surface area contributed by atoms with Gasteiger partial charge in [0.1, 0.15) is 0 Å². The van der Waals surface area contributed by atoms with E-state index in [4.69, 9.17) is 11.5 Å². The van der Waals surface area contributed by atoms with E-state index in [1.807, 2.05) is 6.20 Å². The van der Waals surface area contributed by atoms with E-state index in [2.05, 4.69) is 10.3 Å². The highest BCUT2D eigenvalue weighted by molar-refractivity contribution is 4.92. The molecule has 0 fully saturated rings. The van der Waals surface area contributed by atoms with Gasteiger partial charge in [-0.15, -0.1) is 5.10 Å². The molecule has 0 saturated carbocycles. The molecule has 0 atom stereocenters. The van der Waals surface area contributed by atoms with Gasteiger partial charge in [0, 0.05) is 19.2 Å². The largest absolute Gasteiger partial charge is 0.330 e. The molecule has 0 unspecified atom stereocenters. The first-order valence-corrected chi connectivity index (χ1v) is 3.66. The molecular weight excluding hydrogens is 142 g/mol. The van der Waals surface area contributed by atoms with Gasteiger partial charge in [0.25, 0.3) is 0 Å². The lowest BCUT2D eigenvalue weighted by Crippen LogP contribution is -2.10. The molecule has 5 heteroatoms. The van der Waals surface area contributed by atoms with Gasteiger partial charge < -0.3 is 11.5 Å². The zero-order valence-corrected chi connectivity index (χ0v) is 6.40. The van der Waals surface area contributed by atoms with Crippen LogP contribution < -0.4 is 11.5 Å². The van der Waals surface area contributed by atoms with E-state index in [9.17, 15) is 0 Å². The summed E-state index contributed by atoms with van der Waals surface area (Å²) < 4.78 is 1.73. The Hall–Kier alpha value is -0.940. The number of hydrogen-bond acceptors (Lipinski definition) is 4. The van der Waals surface area contributed by atoms with Gasteiger partial charge in [0.15, 0.2) is 0 Å². The van der Waals surface area contributed by atoms with Crippen LogP contribution in [-0.4, -0.2) is 28.1 Å². The average molecular weight is 155 g/mol. The predicted molar refractivity (Wildman–Crippen MR) is 41.8 cm³/mol. The van der Waals surface area contributed by atoms with Crippen molar-refractivity contribution in [1.29, 1.82) is 0 Å². The summed E-state index contributed by atoms with van der Waals surface area (Å²) in [5.74, 6) is 0. The van der Waals surface area contributed by atoms with Crippen LogP contribution in [0, 0.1) is 0 Å². The van der Waals surface area contributed by atoms with E-state index >= 15 is 0 Å². The lowest BCUT2D eigenvalue weighted by molar-refractivity contribution is 0.598. The zero-order valence-electron chi connectivity index (χ0n) is 6.40. The summed E-state index contributed by atoms with van der Waals surface area (Å²) in [4.78, 5) is 0. The molecule has 0 aliphatic rings. The fourth-order valence-electron chi connectivity index (χ4n) is 0.843. The summed E-state index contributed by atoms with van der Waals surface area (Å²) in [5.41, 5.74) is 11.6. The number of hydrogen-bond donors (Lipinski definition) is 2. The molecule has 0 saturated heterocycles. The molecule has 0 aliphatic heterocycles. The third kappa shape index (κ3) is 2.28. The Bertz CT molecular complexity index is 186. The van der Waals surface area contributed by atoms with Gasteiger partial charge in [-0.25, -0.2) is 0 Å². The van der Waals surface area contributed by atoms with Gasteiger partial charge in [0.05, 0.1) is 12.2 Å². The van der Waals surface area contributed by atoms with Crippen molar-refractivity contribution in [2.45, 2.75) is 13.0 Å². The van der Waals surface area contributed by atoms with E-state index in [1.165, 1.54) is 0 Å². The van der Waals surface area contributed by atoms with Crippen LogP contribution in [-0.2, 0) is 13.0 Å². The first-order valence-electron chi connectivity index (χ1n) is 3.66. The Morgan fingerprint density at radius 3 is 2.82 bits per heavy atom. The van der Waals surface area contributed by atoms with Crippen LogP contribution in [0.25, 0.3) is 0 Å². The fourth-order valence-corrected chi connectivity index (χ4v) is 0.843. The number of nitrogens with two attached hydrogens (primary N) is 2. The van der Waals surface area contributed by atoms with Crippen molar-refractivity contribution in [1.82, 2.24) is 15.0 Å². The highest BCUT2D eigenvalue weighted by Gasteiger charge is 1.97. The van der Waals surface area contributed by atoms with Crippen LogP contribution in [0.5, 0.6) is 0 Å².